The Bertz CT molecular complexity index is 2300. The van der Waals surface area contributed by atoms with Crippen molar-refractivity contribution in [1.82, 2.24) is 15.2 Å². The van der Waals surface area contributed by atoms with Crippen molar-refractivity contribution in [3.05, 3.63) is 113 Å². The molecule has 2 N–H and O–H groups in total. The summed E-state index contributed by atoms with van der Waals surface area (Å²) in [5, 5.41) is 4.15. The smallest absolute Gasteiger partial charge is 0.497 e. The first-order valence-electron chi connectivity index (χ1n) is 15.6. The average molecular weight is 757 g/mol. The Balaban J connectivity index is 1.61. The van der Waals surface area contributed by atoms with Crippen LogP contribution < -0.4 is 23.8 Å². The van der Waals surface area contributed by atoms with Crippen molar-refractivity contribution in [2.24, 2.45) is 0 Å². The number of aromatic amines is 1. The normalized spacial score (nSPS) is 16.5. The molecule has 1 aliphatic rings. The fraction of sp³-hybridized carbons (Fsp3) is 0.222. The summed E-state index contributed by atoms with van der Waals surface area (Å²) in [6.45, 7) is 0. The highest BCUT2D eigenvalue weighted by atomic mass is 35.5. The molecule has 0 spiro atoms. The van der Waals surface area contributed by atoms with Gasteiger partial charge < -0.3 is 24.1 Å². The van der Waals surface area contributed by atoms with Crippen LogP contribution in [-0.2, 0) is 31.6 Å². The predicted molar refractivity (Wildman–Crippen MR) is 187 cm³/mol. The zero-order valence-corrected chi connectivity index (χ0v) is 29.7. The van der Waals surface area contributed by atoms with Crippen molar-refractivity contribution < 1.29 is 45.4 Å². The first kappa shape index (κ1) is 36.5. The van der Waals surface area contributed by atoms with Gasteiger partial charge in [0.15, 0.2) is 11.3 Å². The van der Waals surface area contributed by atoms with Crippen molar-refractivity contribution in [3.8, 4) is 17.2 Å². The highest BCUT2D eigenvalue weighted by molar-refractivity contribution is 7.93. The molecule has 1 unspecified atom stereocenters. The SMILES string of the molecule is COc1ccc(S(=O)(=O)N2C(=O)C(N[C@@H](Cc3c[nH]c4ccccc34)C(=O)N(C)C)(c3ccccc3OC)c3cc(Cl)ccc32)c(OC(F)(F)F)c1. The van der Waals surface area contributed by atoms with Crippen molar-refractivity contribution in [2.45, 2.75) is 29.3 Å². The minimum Gasteiger partial charge on any atom is -0.497 e. The number of sulfonamides is 1. The maximum atomic E-state index is 15.3. The van der Waals surface area contributed by atoms with Crippen LogP contribution in [0.4, 0.5) is 18.9 Å². The molecule has 0 fully saturated rings. The van der Waals surface area contributed by atoms with Gasteiger partial charge >= 0.3 is 6.36 Å². The Kier molecular flexibility index (Phi) is 9.63. The number of likely N-dealkylation sites (N-methyl/N-ethyl adjacent to an activating group) is 1. The van der Waals surface area contributed by atoms with Gasteiger partial charge in [0.25, 0.3) is 15.9 Å². The third-order valence-electron chi connectivity index (χ3n) is 8.72. The molecule has 0 bridgehead atoms. The van der Waals surface area contributed by atoms with Crippen LogP contribution in [0, 0.1) is 0 Å². The number of nitrogens with one attached hydrogen (secondary N) is 2. The lowest BCUT2D eigenvalue weighted by Gasteiger charge is -2.36. The Morgan fingerprint density at radius 3 is 2.37 bits per heavy atom. The average Bonchev–Trinajstić information content (AvgIpc) is 3.62. The van der Waals surface area contributed by atoms with E-state index in [-0.39, 0.29) is 39.8 Å². The van der Waals surface area contributed by atoms with Crippen LogP contribution in [-0.4, -0.2) is 70.8 Å². The third-order valence-corrected chi connectivity index (χ3v) is 10.7. The van der Waals surface area contributed by atoms with Gasteiger partial charge in [0.1, 0.15) is 16.4 Å². The van der Waals surface area contributed by atoms with Crippen molar-refractivity contribution >= 4 is 50.0 Å². The van der Waals surface area contributed by atoms with Crippen LogP contribution in [0.1, 0.15) is 16.7 Å². The van der Waals surface area contributed by atoms with Gasteiger partial charge in [0, 0.05) is 53.4 Å². The van der Waals surface area contributed by atoms with Crippen LogP contribution in [0.25, 0.3) is 10.9 Å². The number of fused-ring (bicyclic) bond motifs is 2. The highest BCUT2D eigenvalue weighted by Gasteiger charge is 2.59. The molecule has 2 heterocycles. The number of rotatable bonds is 11. The second kappa shape index (κ2) is 13.7. The predicted octanol–water partition coefficient (Wildman–Crippen LogP) is 6.01. The van der Waals surface area contributed by atoms with Crippen LogP contribution >= 0.6 is 11.6 Å². The summed E-state index contributed by atoms with van der Waals surface area (Å²) in [7, 11) is 0.388. The van der Waals surface area contributed by atoms with Gasteiger partial charge in [0.05, 0.1) is 25.9 Å². The maximum Gasteiger partial charge on any atom is 0.573 e. The van der Waals surface area contributed by atoms with E-state index in [2.05, 4.69) is 15.0 Å². The number of methoxy groups -OCH3 is 2. The number of aromatic nitrogens is 1. The highest BCUT2D eigenvalue weighted by Crippen LogP contribution is 2.51. The zero-order chi connectivity index (χ0) is 37.6. The number of amides is 2. The Labute approximate surface area is 301 Å². The van der Waals surface area contributed by atoms with Crippen LogP contribution in [0.3, 0.4) is 0 Å². The second-order valence-corrected chi connectivity index (χ2v) is 14.2. The summed E-state index contributed by atoms with van der Waals surface area (Å²) < 4.78 is 85.4. The van der Waals surface area contributed by atoms with Gasteiger partial charge in [-0.15, -0.1) is 13.2 Å². The molecule has 0 saturated carbocycles. The molecule has 16 heteroatoms. The van der Waals surface area contributed by atoms with Gasteiger partial charge in [-0.1, -0.05) is 48.0 Å². The number of ether oxygens (including phenoxy) is 3. The van der Waals surface area contributed by atoms with Crippen molar-refractivity contribution in [2.75, 3.05) is 32.6 Å². The van der Waals surface area contributed by atoms with Crippen LogP contribution in [0.5, 0.6) is 17.2 Å². The molecule has 0 saturated heterocycles. The van der Waals surface area contributed by atoms with E-state index < -0.39 is 50.4 Å². The topological polar surface area (TPSA) is 130 Å². The molecule has 5 aromatic rings. The molecule has 1 aliphatic heterocycles. The minimum atomic E-state index is -5.30. The summed E-state index contributed by atoms with van der Waals surface area (Å²) in [4.78, 5) is 32.9. The van der Waals surface area contributed by atoms with Gasteiger partial charge in [0.2, 0.25) is 5.91 Å². The van der Waals surface area contributed by atoms with Crippen LogP contribution in [0.2, 0.25) is 5.02 Å². The van der Waals surface area contributed by atoms with E-state index in [1.54, 1.807) is 24.4 Å². The monoisotopic (exact) mass is 756 g/mol. The van der Waals surface area contributed by atoms with Crippen molar-refractivity contribution in [1.29, 1.82) is 0 Å². The fourth-order valence-electron chi connectivity index (χ4n) is 6.46. The summed E-state index contributed by atoms with van der Waals surface area (Å²) in [5.74, 6) is -2.75. The molecular weight excluding hydrogens is 725 g/mol. The quantitative estimate of drug-likeness (QED) is 0.168. The van der Waals surface area contributed by atoms with E-state index in [4.69, 9.17) is 21.1 Å². The lowest BCUT2D eigenvalue weighted by molar-refractivity contribution is -0.275. The van der Waals surface area contributed by atoms with E-state index in [9.17, 15) is 26.4 Å². The summed E-state index contributed by atoms with van der Waals surface area (Å²) in [6.07, 6.45) is -3.54. The van der Waals surface area contributed by atoms with E-state index >= 15 is 4.79 Å². The molecule has 2 amide bonds. The largest absolute Gasteiger partial charge is 0.573 e. The lowest BCUT2D eigenvalue weighted by atomic mass is 9.81. The van der Waals surface area contributed by atoms with E-state index in [1.807, 2.05) is 24.3 Å². The molecule has 0 aliphatic carbocycles. The number of H-pyrrole nitrogens is 1. The van der Waals surface area contributed by atoms with E-state index in [0.717, 1.165) is 29.1 Å². The summed E-state index contributed by atoms with van der Waals surface area (Å²) in [6, 6.07) is 19.2. The van der Waals surface area contributed by atoms with Crippen LogP contribution in [0.15, 0.2) is 96.0 Å². The molecule has 11 nitrogen and oxygen atoms in total. The summed E-state index contributed by atoms with van der Waals surface area (Å²) in [5.41, 5.74) is -0.812. The molecule has 0 radical (unpaired) electrons. The first-order chi connectivity index (χ1) is 24.6. The van der Waals surface area contributed by atoms with Crippen molar-refractivity contribution in [3.63, 3.8) is 0 Å². The molecule has 52 heavy (non-hydrogen) atoms. The molecule has 6 rings (SSSR count). The molecule has 4 aromatic carbocycles. The van der Waals surface area contributed by atoms with Gasteiger partial charge in [-0.05, 0) is 54.4 Å². The van der Waals surface area contributed by atoms with E-state index in [1.165, 1.54) is 57.5 Å². The number of hydrogen-bond donors (Lipinski definition) is 2. The fourth-order valence-corrected chi connectivity index (χ4v) is 8.20. The maximum absolute atomic E-state index is 15.3. The lowest BCUT2D eigenvalue weighted by Crippen LogP contribution is -2.59. The number of hydrogen-bond acceptors (Lipinski definition) is 8. The number of alkyl halides is 3. The number of anilines is 1. The Hall–Kier alpha value is -5.25. The van der Waals surface area contributed by atoms with Gasteiger partial charge in [-0.2, -0.15) is 0 Å². The summed E-state index contributed by atoms with van der Waals surface area (Å²) >= 11 is 6.52. The first-order valence-corrected chi connectivity index (χ1v) is 17.4. The molecule has 272 valence electrons. The van der Waals surface area contributed by atoms with Gasteiger partial charge in [-0.25, -0.2) is 12.7 Å². The Morgan fingerprint density at radius 1 is 0.962 bits per heavy atom. The number of para-hydroxylation sites is 2. The number of carbonyl (C=O) groups excluding carboxylic acids is 2. The molecule has 1 aromatic heterocycles. The number of halogens is 4. The minimum absolute atomic E-state index is 0.000333. The number of benzene rings is 4. The zero-order valence-electron chi connectivity index (χ0n) is 28.1. The van der Waals surface area contributed by atoms with Gasteiger partial charge in [-0.3, -0.25) is 14.9 Å². The molecule has 2 atom stereocenters. The number of carbonyl (C=O) groups is 2. The number of nitrogens with zero attached hydrogens (tertiary/aromatic N) is 2. The van der Waals surface area contributed by atoms with E-state index in [0.29, 0.717) is 9.87 Å². The molecular formula is C36H32ClF3N4O7S. The standard InChI is InChI=1S/C36H32ClF3N4O7S/c1-43(2)33(45)28(17-21-20-41-27-11-7-5-9-24(21)27)42-35(25-10-6-8-12-30(25)50-4)26-18-22(37)13-15-29(26)44(34(35)46)52(47,48)32-16-14-23(49-3)19-31(32)51-36(38,39)40/h5-16,18-20,28,41-42H,17H2,1-4H3/t28-,35?/m0/s1. The second-order valence-electron chi connectivity index (χ2n) is 12.0. The third kappa shape index (κ3) is 6.39. The Morgan fingerprint density at radius 2 is 1.67 bits per heavy atom.